The molecule has 0 unspecified atom stereocenters. The van der Waals surface area contributed by atoms with Crippen molar-refractivity contribution >= 4 is 23.2 Å². The van der Waals surface area contributed by atoms with Crippen LogP contribution >= 0.6 is 11.3 Å². The van der Waals surface area contributed by atoms with Gasteiger partial charge in [0.1, 0.15) is 5.76 Å². The fourth-order valence-corrected chi connectivity index (χ4v) is 5.19. The molecule has 9 heteroatoms. The van der Waals surface area contributed by atoms with Gasteiger partial charge in [-0.05, 0) is 38.1 Å². The molecule has 35 heavy (non-hydrogen) atoms. The van der Waals surface area contributed by atoms with Crippen molar-refractivity contribution in [3.8, 4) is 11.3 Å². The number of benzene rings is 1. The highest BCUT2D eigenvalue weighted by molar-refractivity contribution is 7.09. The number of carbonyl (C=O) groups is 2. The van der Waals surface area contributed by atoms with Crippen LogP contribution in [-0.4, -0.2) is 44.7 Å². The van der Waals surface area contributed by atoms with Gasteiger partial charge in [0, 0.05) is 53.2 Å². The molecule has 1 amide bonds. The molecule has 3 aromatic heterocycles. The lowest BCUT2D eigenvalue weighted by Gasteiger charge is -2.28. The van der Waals surface area contributed by atoms with E-state index in [1.807, 2.05) is 47.4 Å². The van der Waals surface area contributed by atoms with E-state index in [2.05, 4.69) is 10.1 Å². The molecule has 1 aliphatic rings. The van der Waals surface area contributed by atoms with Gasteiger partial charge in [0.15, 0.2) is 5.69 Å². The van der Waals surface area contributed by atoms with E-state index in [0.29, 0.717) is 43.1 Å². The summed E-state index contributed by atoms with van der Waals surface area (Å²) >= 11 is 1.63. The van der Waals surface area contributed by atoms with Gasteiger partial charge < -0.3 is 14.1 Å². The fourth-order valence-electron chi connectivity index (χ4n) is 4.42. The Kier molecular flexibility index (Phi) is 6.50. The lowest BCUT2D eigenvalue weighted by atomic mass is 10.0. The van der Waals surface area contributed by atoms with Gasteiger partial charge in [0.25, 0.3) is 5.91 Å². The van der Waals surface area contributed by atoms with Crippen LogP contribution in [-0.2, 0) is 30.7 Å². The summed E-state index contributed by atoms with van der Waals surface area (Å²) in [5.41, 5.74) is 6.34. The smallest absolute Gasteiger partial charge is 0.359 e. The normalized spacial score (nSPS) is 13.0. The van der Waals surface area contributed by atoms with Crippen LogP contribution in [0.15, 0.2) is 52.6 Å². The number of rotatable bonds is 7. The quantitative estimate of drug-likeness (QED) is 0.354. The van der Waals surface area contributed by atoms with Crippen molar-refractivity contribution in [1.29, 1.82) is 0 Å². The van der Waals surface area contributed by atoms with E-state index >= 15 is 0 Å². The van der Waals surface area contributed by atoms with Crippen molar-refractivity contribution in [1.82, 2.24) is 19.7 Å². The van der Waals surface area contributed by atoms with Gasteiger partial charge in [-0.2, -0.15) is 5.10 Å². The SMILES string of the molecule is CCOC(=O)c1nn(CCc2scnc2C)c2c1CN(C(=O)c1cccc(-c3ccco3)c1)CC2. The molecule has 0 saturated heterocycles. The standard InChI is InChI=1S/C26H26N4O4S/c1-3-33-26(32)24-20-15-29(25(31)19-7-4-6-18(14-19)22-8-5-13-34-22)11-9-21(20)30(28-24)12-10-23-17(2)27-16-35-23/h4-8,13-14,16H,3,9-12,15H2,1-2H3. The molecule has 4 heterocycles. The first-order chi connectivity index (χ1) is 17.0. The largest absolute Gasteiger partial charge is 0.464 e. The Morgan fingerprint density at radius 2 is 2.11 bits per heavy atom. The minimum absolute atomic E-state index is 0.0908. The molecule has 0 bridgehead atoms. The maximum atomic E-state index is 13.4. The van der Waals surface area contributed by atoms with Crippen LogP contribution in [0.25, 0.3) is 11.3 Å². The molecule has 4 aromatic rings. The Balaban J connectivity index is 1.40. The predicted molar refractivity (Wildman–Crippen MR) is 131 cm³/mol. The van der Waals surface area contributed by atoms with Gasteiger partial charge in [-0.1, -0.05) is 12.1 Å². The van der Waals surface area contributed by atoms with Crippen LogP contribution < -0.4 is 0 Å². The zero-order valence-electron chi connectivity index (χ0n) is 19.7. The number of aromatic nitrogens is 3. The Morgan fingerprint density at radius 1 is 1.23 bits per heavy atom. The topological polar surface area (TPSA) is 90.5 Å². The van der Waals surface area contributed by atoms with Crippen LogP contribution in [0.4, 0.5) is 0 Å². The minimum atomic E-state index is -0.453. The Hall–Kier alpha value is -3.72. The molecule has 180 valence electrons. The highest BCUT2D eigenvalue weighted by Crippen LogP contribution is 2.27. The highest BCUT2D eigenvalue weighted by Gasteiger charge is 2.31. The maximum absolute atomic E-state index is 13.4. The molecule has 0 atom stereocenters. The van der Waals surface area contributed by atoms with E-state index in [0.717, 1.165) is 28.9 Å². The summed E-state index contributed by atoms with van der Waals surface area (Å²) in [7, 11) is 0. The average Bonchev–Trinajstić information content (AvgIpc) is 3.63. The van der Waals surface area contributed by atoms with Crippen molar-refractivity contribution in [2.75, 3.05) is 13.2 Å². The Bertz CT molecular complexity index is 1360. The summed E-state index contributed by atoms with van der Waals surface area (Å²) in [5.74, 6) is 0.167. The average molecular weight is 491 g/mol. The molecule has 0 aliphatic carbocycles. The molecule has 8 nitrogen and oxygen atoms in total. The molecule has 0 saturated carbocycles. The number of fused-ring (bicyclic) bond motifs is 1. The van der Waals surface area contributed by atoms with Crippen molar-refractivity contribution in [3.05, 3.63) is 81.3 Å². The van der Waals surface area contributed by atoms with Crippen molar-refractivity contribution < 1.29 is 18.7 Å². The number of furan rings is 1. The number of amides is 1. The van der Waals surface area contributed by atoms with Gasteiger partial charge in [-0.15, -0.1) is 11.3 Å². The number of aryl methyl sites for hydroxylation is 3. The molecule has 1 aliphatic heterocycles. The second kappa shape index (κ2) is 9.87. The number of thiazole rings is 1. The van der Waals surface area contributed by atoms with E-state index in [-0.39, 0.29) is 12.5 Å². The number of nitrogens with zero attached hydrogens (tertiary/aromatic N) is 4. The lowest BCUT2D eigenvalue weighted by molar-refractivity contribution is 0.0513. The summed E-state index contributed by atoms with van der Waals surface area (Å²) in [6, 6.07) is 11.1. The van der Waals surface area contributed by atoms with E-state index in [1.165, 1.54) is 4.88 Å². The van der Waals surface area contributed by atoms with Gasteiger partial charge in [-0.25, -0.2) is 9.78 Å². The molecule has 0 N–H and O–H groups in total. The third-order valence-corrected chi connectivity index (χ3v) is 7.20. The molecule has 0 radical (unpaired) electrons. The Morgan fingerprint density at radius 3 is 2.86 bits per heavy atom. The summed E-state index contributed by atoms with van der Waals surface area (Å²) in [6.07, 6.45) is 3.02. The zero-order valence-corrected chi connectivity index (χ0v) is 20.5. The van der Waals surface area contributed by atoms with E-state index in [1.54, 1.807) is 35.5 Å². The van der Waals surface area contributed by atoms with Crippen molar-refractivity contribution in [2.24, 2.45) is 0 Å². The van der Waals surface area contributed by atoms with Crippen LogP contribution in [0, 0.1) is 6.92 Å². The van der Waals surface area contributed by atoms with Crippen LogP contribution in [0.5, 0.6) is 0 Å². The highest BCUT2D eigenvalue weighted by atomic mass is 32.1. The third-order valence-electron chi connectivity index (χ3n) is 6.20. The predicted octanol–water partition coefficient (Wildman–Crippen LogP) is 4.53. The van der Waals surface area contributed by atoms with Gasteiger partial charge in [0.05, 0.1) is 30.6 Å². The first-order valence-corrected chi connectivity index (χ1v) is 12.5. The summed E-state index contributed by atoms with van der Waals surface area (Å²) < 4.78 is 12.7. The molecule has 5 rings (SSSR count). The first-order valence-electron chi connectivity index (χ1n) is 11.6. The molecule has 1 aromatic carbocycles. The number of esters is 1. The Labute approximate surface area is 207 Å². The zero-order chi connectivity index (χ0) is 24.4. The van der Waals surface area contributed by atoms with E-state index in [9.17, 15) is 9.59 Å². The maximum Gasteiger partial charge on any atom is 0.359 e. The van der Waals surface area contributed by atoms with Gasteiger partial charge in [-0.3, -0.25) is 9.48 Å². The van der Waals surface area contributed by atoms with Crippen LogP contribution in [0.3, 0.4) is 0 Å². The number of hydrogen-bond donors (Lipinski definition) is 0. The second-order valence-corrected chi connectivity index (χ2v) is 9.30. The molecular weight excluding hydrogens is 464 g/mol. The molecule has 0 spiro atoms. The third kappa shape index (κ3) is 4.64. The number of hydrogen-bond acceptors (Lipinski definition) is 7. The lowest BCUT2D eigenvalue weighted by Crippen LogP contribution is -2.36. The second-order valence-electron chi connectivity index (χ2n) is 8.36. The van der Waals surface area contributed by atoms with Crippen LogP contribution in [0.2, 0.25) is 0 Å². The number of carbonyl (C=O) groups excluding carboxylic acids is 2. The molecule has 0 fully saturated rings. The van der Waals surface area contributed by atoms with Gasteiger partial charge in [0.2, 0.25) is 0 Å². The van der Waals surface area contributed by atoms with E-state index in [4.69, 9.17) is 9.15 Å². The monoisotopic (exact) mass is 490 g/mol. The summed E-state index contributed by atoms with van der Waals surface area (Å²) in [5, 5.41) is 4.63. The van der Waals surface area contributed by atoms with Gasteiger partial charge >= 0.3 is 5.97 Å². The van der Waals surface area contributed by atoms with Crippen LogP contribution in [0.1, 0.15) is 49.6 Å². The minimum Gasteiger partial charge on any atom is -0.464 e. The summed E-state index contributed by atoms with van der Waals surface area (Å²) in [4.78, 5) is 33.4. The number of ether oxygens (including phenoxy) is 1. The van der Waals surface area contributed by atoms with Crippen molar-refractivity contribution in [3.63, 3.8) is 0 Å². The van der Waals surface area contributed by atoms with Crippen molar-refractivity contribution in [2.45, 2.75) is 39.8 Å². The molecular formula is C26H26N4O4S. The summed E-state index contributed by atoms with van der Waals surface area (Å²) in [6.45, 7) is 5.54. The van der Waals surface area contributed by atoms with E-state index < -0.39 is 5.97 Å². The fraction of sp³-hybridized carbons (Fsp3) is 0.308. The first kappa shape index (κ1) is 23.0.